The number of rotatable bonds is 3. The van der Waals surface area contributed by atoms with E-state index in [-0.39, 0.29) is 10.9 Å². The van der Waals surface area contributed by atoms with Gasteiger partial charge in [-0.25, -0.2) is 13.4 Å². The van der Waals surface area contributed by atoms with Crippen molar-refractivity contribution in [2.75, 3.05) is 17.3 Å². The fourth-order valence-corrected chi connectivity index (χ4v) is 2.25. The molecule has 0 radical (unpaired) electrons. The van der Waals surface area contributed by atoms with E-state index >= 15 is 0 Å². The Kier molecular flexibility index (Phi) is 3.95. The maximum Gasteiger partial charge on any atom is 0.255 e. The molecule has 6 nitrogen and oxygen atoms in total. The predicted molar refractivity (Wildman–Crippen MR) is 80.9 cm³/mol. The molecule has 2 rings (SSSR count). The minimum absolute atomic E-state index is 0.0381. The average Bonchev–Trinajstić information content (AvgIpc) is 2.41. The first-order valence-corrected chi connectivity index (χ1v) is 8.00. The molecule has 0 bridgehead atoms. The molecule has 0 aliphatic heterocycles. The van der Waals surface area contributed by atoms with Crippen LogP contribution in [0.1, 0.15) is 15.9 Å². The second kappa shape index (κ2) is 5.53. The summed E-state index contributed by atoms with van der Waals surface area (Å²) in [4.78, 5) is 15.9. The van der Waals surface area contributed by atoms with Crippen LogP contribution < -0.4 is 11.1 Å². The second-order valence-electron chi connectivity index (χ2n) is 4.68. The van der Waals surface area contributed by atoms with Gasteiger partial charge in [0.1, 0.15) is 0 Å². The fourth-order valence-electron chi connectivity index (χ4n) is 1.69. The van der Waals surface area contributed by atoms with Crippen LogP contribution in [0.5, 0.6) is 0 Å². The number of hydrogen-bond acceptors (Lipinski definition) is 5. The Balaban J connectivity index is 2.18. The molecule has 0 aliphatic carbocycles. The Labute approximate surface area is 122 Å². The predicted octanol–water partition coefficient (Wildman–Crippen LogP) is 1.63. The summed E-state index contributed by atoms with van der Waals surface area (Å²) in [6.45, 7) is 1.81. The summed E-state index contributed by atoms with van der Waals surface area (Å²) in [7, 11) is -3.35. The molecule has 0 atom stereocenters. The van der Waals surface area contributed by atoms with E-state index in [1.165, 1.54) is 18.3 Å². The summed E-state index contributed by atoms with van der Waals surface area (Å²) in [6, 6.07) is 7.80. The first-order valence-electron chi connectivity index (χ1n) is 6.11. The Morgan fingerprint density at radius 1 is 1.24 bits per heavy atom. The van der Waals surface area contributed by atoms with Crippen molar-refractivity contribution >= 4 is 27.1 Å². The van der Waals surface area contributed by atoms with E-state index in [9.17, 15) is 13.2 Å². The van der Waals surface area contributed by atoms with Crippen LogP contribution in [0, 0.1) is 6.92 Å². The van der Waals surface area contributed by atoms with Gasteiger partial charge < -0.3 is 11.1 Å². The Morgan fingerprint density at radius 3 is 2.48 bits per heavy atom. The van der Waals surface area contributed by atoms with Crippen molar-refractivity contribution in [2.45, 2.75) is 11.9 Å². The van der Waals surface area contributed by atoms with Gasteiger partial charge in [-0.05, 0) is 42.8 Å². The normalized spacial score (nSPS) is 11.1. The number of nitrogen functional groups attached to an aromatic ring is 1. The SMILES string of the molecule is Cc1cc(C(=O)Nc2ccc(S(C)(=O)=O)nc2)ccc1N. The summed E-state index contributed by atoms with van der Waals surface area (Å²) in [5.41, 5.74) is 8.01. The quantitative estimate of drug-likeness (QED) is 0.839. The smallest absolute Gasteiger partial charge is 0.255 e. The topological polar surface area (TPSA) is 102 Å². The number of pyridine rings is 1. The first-order chi connectivity index (χ1) is 9.77. The molecule has 3 N–H and O–H groups in total. The van der Waals surface area contributed by atoms with Gasteiger partial charge in [-0.3, -0.25) is 4.79 Å². The molecule has 1 amide bonds. The highest BCUT2D eigenvalue weighted by atomic mass is 32.2. The van der Waals surface area contributed by atoms with E-state index in [0.717, 1.165) is 11.8 Å². The zero-order chi connectivity index (χ0) is 15.6. The summed E-state index contributed by atoms with van der Waals surface area (Å²) in [6.07, 6.45) is 2.38. The van der Waals surface area contributed by atoms with Crippen molar-refractivity contribution in [3.05, 3.63) is 47.7 Å². The number of carbonyl (C=O) groups excluding carboxylic acids is 1. The molecule has 0 aliphatic rings. The van der Waals surface area contributed by atoms with Crippen LogP contribution in [-0.4, -0.2) is 25.6 Å². The molecule has 0 unspecified atom stereocenters. The van der Waals surface area contributed by atoms with Crippen LogP contribution in [0.4, 0.5) is 11.4 Å². The van der Waals surface area contributed by atoms with Crippen LogP contribution in [0.25, 0.3) is 0 Å². The third-order valence-electron chi connectivity index (χ3n) is 2.91. The van der Waals surface area contributed by atoms with E-state index in [4.69, 9.17) is 5.73 Å². The zero-order valence-electron chi connectivity index (χ0n) is 11.6. The highest BCUT2D eigenvalue weighted by molar-refractivity contribution is 7.90. The molecule has 2 aromatic rings. The molecule has 1 aromatic carbocycles. The summed E-state index contributed by atoms with van der Waals surface area (Å²) < 4.78 is 22.6. The van der Waals surface area contributed by atoms with Gasteiger partial charge in [0.2, 0.25) is 0 Å². The first kappa shape index (κ1) is 15.0. The Morgan fingerprint density at radius 2 is 1.95 bits per heavy atom. The molecular formula is C14H15N3O3S. The number of aryl methyl sites for hydroxylation is 1. The third-order valence-corrected chi connectivity index (χ3v) is 3.91. The van der Waals surface area contributed by atoms with Crippen molar-refractivity contribution in [3.63, 3.8) is 0 Å². The van der Waals surface area contributed by atoms with Gasteiger partial charge >= 0.3 is 0 Å². The number of amides is 1. The number of nitrogens with zero attached hydrogens (tertiary/aromatic N) is 1. The summed E-state index contributed by atoms with van der Waals surface area (Å²) >= 11 is 0. The largest absolute Gasteiger partial charge is 0.399 e. The van der Waals surface area contributed by atoms with Gasteiger partial charge in [-0.1, -0.05) is 0 Å². The molecule has 0 saturated carbocycles. The molecule has 0 spiro atoms. The lowest BCUT2D eigenvalue weighted by Gasteiger charge is -2.07. The van der Waals surface area contributed by atoms with Gasteiger partial charge in [0.15, 0.2) is 14.9 Å². The molecule has 110 valence electrons. The van der Waals surface area contributed by atoms with Crippen LogP contribution in [0.3, 0.4) is 0 Å². The maximum atomic E-state index is 12.1. The van der Waals surface area contributed by atoms with E-state index in [0.29, 0.717) is 16.9 Å². The number of nitrogens with two attached hydrogens (primary N) is 1. The van der Waals surface area contributed by atoms with E-state index < -0.39 is 9.84 Å². The lowest BCUT2D eigenvalue weighted by atomic mass is 10.1. The lowest BCUT2D eigenvalue weighted by molar-refractivity contribution is 0.102. The number of hydrogen-bond donors (Lipinski definition) is 2. The standard InChI is InChI=1S/C14H15N3O3S/c1-9-7-10(3-5-12(9)15)14(18)17-11-4-6-13(16-8-11)21(2,19)20/h3-8H,15H2,1-2H3,(H,17,18). The number of benzene rings is 1. The van der Waals surface area contributed by atoms with E-state index in [1.54, 1.807) is 18.2 Å². The maximum absolute atomic E-state index is 12.1. The Bertz CT molecular complexity index is 784. The van der Waals surface area contributed by atoms with E-state index in [2.05, 4.69) is 10.3 Å². The monoisotopic (exact) mass is 305 g/mol. The van der Waals surface area contributed by atoms with Crippen LogP contribution >= 0.6 is 0 Å². The van der Waals surface area contributed by atoms with Crippen molar-refractivity contribution in [1.82, 2.24) is 4.98 Å². The van der Waals surface area contributed by atoms with Crippen LogP contribution in [0.15, 0.2) is 41.6 Å². The number of aromatic nitrogens is 1. The van der Waals surface area contributed by atoms with Crippen LogP contribution in [0.2, 0.25) is 0 Å². The van der Waals surface area contributed by atoms with Crippen molar-refractivity contribution in [1.29, 1.82) is 0 Å². The van der Waals surface area contributed by atoms with Crippen LogP contribution in [-0.2, 0) is 9.84 Å². The second-order valence-corrected chi connectivity index (χ2v) is 6.65. The molecule has 1 aromatic heterocycles. The van der Waals surface area contributed by atoms with Gasteiger partial charge in [0.05, 0.1) is 11.9 Å². The molecule has 0 saturated heterocycles. The number of sulfone groups is 1. The minimum Gasteiger partial charge on any atom is -0.399 e. The molecule has 21 heavy (non-hydrogen) atoms. The third kappa shape index (κ3) is 3.57. The highest BCUT2D eigenvalue weighted by Crippen LogP contribution is 2.15. The fraction of sp³-hybridized carbons (Fsp3) is 0.143. The minimum atomic E-state index is -3.35. The van der Waals surface area contributed by atoms with Gasteiger partial charge in [-0.15, -0.1) is 0 Å². The van der Waals surface area contributed by atoms with Gasteiger partial charge in [0.25, 0.3) is 5.91 Å². The molecular weight excluding hydrogens is 290 g/mol. The average molecular weight is 305 g/mol. The Hall–Kier alpha value is -2.41. The number of nitrogens with one attached hydrogen (secondary N) is 1. The zero-order valence-corrected chi connectivity index (χ0v) is 12.4. The van der Waals surface area contributed by atoms with Crippen molar-refractivity contribution in [2.24, 2.45) is 0 Å². The van der Waals surface area contributed by atoms with Crippen molar-refractivity contribution < 1.29 is 13.2 Å². The molecule has 0 fully saturated rings. The molecule has 1 heterocycles. The van der Waals surface area contributed by atoms with E-state index in [1.807, 2.05) is 6.92 Å². The van der Waals surface area contributed by atoms with Crippen molar-refractivity contribution in [3.8, 4) is 0 Å². The lowest BCUT2D eigenvalue weighted by Crippen LogP contribution is -2.13. The highest BCUT2D eigenvalue weighted by Gasteiger charge is 2.10. The van der Waals surface area contributed by atoms with Gasteiger partial charge in [0, 0.05) is 17.5 Å². The molecule has 7 heteroatoms. The van der Waals surface area contributed by atoms with Gasteiger partial charge in [-0.2, -0.15) is 0 Å². The number of anilines is 2. The summed E-state index contributed by atoms with van der Waals surface area (Å²) in [5, 5.41) is 2.61. The number of carbonyl (C=O) groups is 1. The summed E-state index contributed by atoms with van der Waals surface area (Å²) in [5.74, 6) is -0.313.